The van der Waals surface area contributed by atoms with Gasteiger partial charge in [-0.05, 0) is 68.3 Å². The summed E-state index contributed by atoms with van der Waals surface area (Å²) in [7, 11) is 0. The minimum atomic E-state index is 0.0142. The van der Waals surface area contributed by atoms with Gasteiger partial charge in [-0.15, -0.1) is 0 Å². The maximum Gasteiger partial charge on any atom is 0.258 e. The van der Waals surface area contributed by atoms with E-state index in [2.05, 4.69) is 0 Å². The molecule has 3 heteroatoms. The normalized spacial score (nSPS) is 10.3. The van der Waals surface area contributed by atoms with Crippen LogP contribution in [0.4, 0.5) is 11.4 Å². The highest BCUT2D eigenvalue weighted by atomic mass is 16.2. The lowest BCUT2D eigenvalue weighted by Crippen LogP contribution is -2.30. The van der Waals surface area contributed by atoms with E-state index in [9.17, 15) is 4.79 Å². The van der Waals surface area contributed by atoms with Crippen LogP contribution in [0, 0.1) is 13.8 Å². The smallest absolute Gasteiger partial charge is 0.258 e. The van der Waals surface area contributed by atoms with Gasteiger partial charge in [-0.25, -0.2) is 0 Å². The van der Waals surface area contributed by atoms with Crippen molar-refractivity contribution in [1.82, 2.24) is 0 Å². The van der Waals surface area contributed by atoms with E-state index in [1.807, 2.05) is 63.2 Å². The average Bonchev–Trinajstić information content (AvgIpc) is 2.44. The van der Waals surface area contributed by atoms with Crippen LogP contribution in [0.5, 0.6) is 0 Å². The number of amides is 1. The van der Waals surface area contributed by atoms with Gasteiger partial charge in [0.2, 0.25) is 0 Å². The lowest BCUT2D eigenvalue weighted by Gasteiger charge is -2.21. The van der Waals surface area contributed by atoms with Crippen LogP contribution in [-0.4, -0.2) is 12.5 Å². The minimum Gasteiger partial charge on any atom is -0.399 e. The Kier molecular flexibility index (Phi) is 4.08. The quantitative estimate of drug-likeness (QED) is 0.865. The van der Waals surface area contributed by atoms with Crippen molar-refractivity contribution in [2.24, 2.45) is 0 Å². The van der Waals surface area contributed by atoms with E-state index in [1.54, 1.807) is 4.90 Å². The van der Waals surface area contributed by atoms with Crippen molar-refractivity contribution < 1.29 is 4.79 Å². The van der Waals surface area contributed by atoms with Crippen molar-refractivity contribution in [3.63, 3.8) is 0 Å². The van der Waals surface area contributed by atoms with Crippen LogP contribution in [0.25, 0.3) is 0 Å². The van der Waals surface area contributed by atoms with Gasteiger partial charge in [-0.3, -0.25) is 4.79 Å². The molecule has 0 aliphatic rings. The molecule has 0 bridgehead atoms. The van der Waals surface area contributed by atoms with Gasteiger partial charge in [-0.2, -0.15) is 0 Å². The molecular formula is C17H20N2O. The first-order chi connectivity index (χ1) is 9.52. The molecular weight excluding hydrogens is 248 g/mol. The summed E-state index contributed by atoms with van der Waals surface area (Å²) in [6.07, 6.45) is 0. The number of nitrogens with two attached hydrogens (primary N) is 1. The fourth-order valence-electron chi connectivity index (χ4n) is 2.13. The summed E-state index contributed by atoms with van der Waals surface area (Å²) in [5, 5.41) is 0. The molecule has 2 N–H and O–H groups in total. The highest BCUT2D eigenvalue weighted by Crippen LogP contribution is 2.20. The molecule has 1 amide bonds. The molecule has 0 aliphatic heterocycles. The first-order valence-electron chi connectivity index (χ1n) is 6.77. The molecule has 0 radical (unpaired) electrons. The zero-order valence-electron chi connectivity index (χ0n) is 12.2. The Balaban J connectivity index is 2.33. The molecule has 2 rings (SSSR count). The van der Waals surface area contributed by atoms with Crippen LogP contribution < -0.4 is 10.6 Å². The number of rotatable bonds is 3. The van der Waals surface area contributed by atoms with Crippen molar-refractivity contribution in [1.29, 1.82) is 0 Å². The third-order valence-corrected chi connectivity index (χ3v) is 3.52. The minimum absolute atomic E-state index is 0.0142. The second-order valence-corrected chi connectivity index (χ2v) is 4.94. The van der Waals surface area contributed by atoms with E-state index < -0.39 is 0 Å². The van der Waals surface area contributed by atoms with Crippen molar-refractivity contribution in [2.75, 3.05) is 17.2 Å². The Morgan fingerprint density at radius 3 is 2.25 bits per heavy atom. The summed E-state index contributed by atoms with van der Waals surface area (Å²) in [5.74, 6) is 0.0142. The van der Waals surface area contributed by atoms with E-state index in [-0.39, 0.29) is 5.91 Å². The Morgan fingerprint density at radius 1 is 1.05 bits per heavy atom. The van der Waals surface area contributed by atoms with Gasteiger partial charge in [0.25, 0.3) is 5.91 Å². The van der Waals surface area contributed by atoms with Gasteiger partial charge in [0, 0.05) is 23.5 Å². The molecule has 0 atom stereocenters. The Hall–Kier alpha value is -2.29. The van der Waals surface area contributed by atoms with E-state index in [1.165, 1.54) is 5.56 Å². The number of nitrogens with zero attached hydrogens (tertiary/aromatic N) is 1. The van der Waals surface area contributed by atoms with E-state index in [0.29, 0.717) is 17.8 Å². The van der Waals surface area contributed by atoms with Crippen LogP contribution in [0.2, 0.25) is 0 Å². The highest BCUT2D eigenvalue weighted by Gasteiger charge is 2.16. The summed E-state index contributed by atoms with van der Waals surface area (Å²) in [4.78, 5) is 14.4. The molecule has 2 aromatic rings. The molecule has 0 saturated carbocycles. The summed E-state index contributed by atoms with van der Waals surface area (Å²) < 4.78 is 0. The second-order valence-electron chi connectivity index (χ2n) is 4.94. The lowest BCUT2D eigenvalue weighted by molar-refractivity contribution is 0.0988. The number of hydrogen-bond acceptors (Lipinski definition) is 2. The first-order valence-corrected chi connectivity index (χ1v) is 6.77. The van der Waals surface area contributed by atoms with E-state index in [0.717, 1.165) is 11.3 Å². The number of hydrogen-bond donors (Lipinski definition) is 1. The third-order valence-electron chi connectivity index (χ3n) is 3.52. The van der Waals surface area contributed by atoms with Gasteiger partial charge >= 0.3 is 0 Å². The molecule has 0 aliphatic carbocycles. The Morgan fingerprint density at radius 2 is 1.70 bits per heavy atom. The first kappa shape index (κ1) is 14.1. The predicted molar refractivity (Wildman–Crippen MR) is 84.1 cm³/mol. The molecule has 2 aromatic carbocycles. The molecule has 0 heterocycles. The monoisotopic (exact) mass is 268 g/mol. The summed E-state index contributed by atoms with van der Waals surface area (Å²) in [6.45, 7) is 6.65. The molecule has 0 fully saturated rings. The zero-order chi connectivity index (χ0) is 14.7. The summed E-state index contributed by atoms with van der Waals surface area (Å²) >= 11 is 0. The van der Waals surface area contributed by atoms with Crippen molar-refractivity contribution in [3.8, 4) is 0 Å². The van der Waals surface area contributed by atoms with Crippen LogP contribution in [-0.2, 0) is 0 Å². The van der Waals surface area contributed by atoms with Gasteiger partial charge < -0.3 is 10.6 Å². The second kappa shape index (κ2) is 5.78. The number of carbonyl (C=O) groups is 1. The standard InChI is InChI=1S/C17H20N2O/c1-4-19(16-9-7-15(18)8-10-16)17(20)14-6-5-12(2)13(3)11-14/h5-11H,4,18H2,1-3H3. The fraction of sp³-hybridized carbons (Fsp3) is 0.235. The fourth-order valence-corrected chi connectivity index (χ4v) is 2.13. The lowest BCUT2D eigenvalue weighted by atomic mass is 10.1. The van der Waals surface area contributed by atoms with Gasteiger partial charge in [-0.1, -0.05) is 6.07 Å². The van der Waals surface area contributed by atoms with Crippen LogP contribution in [0.1, 0.15) is 28.4 Å². The van der Waals surface area contributed by atoms with Crippen LogP contribution in [0.15, 0.2) is 42.5 Å². The van der Waals surface area contributed by atoms with Crippen molar-refractivity contribution in [2.45, 2.75) is 20.8 Å². The predicted octanol–water partition coefficient (Wildman–Crippen LogP) is 3.55. The molecule has 0 unspecified atom stereocenters. The third kappa shape index (κ3) is 2.82. The largest absolute Gasteiger partial charge is 0.399 e. The number of benzene rings is 2. The molecule has 104 valence electrons. The Labute approximate surface area is 120 Å². The Bertz CT molecular complexity index is 617. The number of carbonyl (C=O) groups excluding carboxylic acids is 1. The molecule has 3 nitrogen and oxygen atoms in total. The topological polar surface area (TPSA) is 46.3 Å². The number of aryl methyl sites for hydroxylation is 2. The highest BCUT2D eigenvalue weighted by molar-refractivity contribution is 6.06. The van der Waals surface area contributed by atoms with E-state index >= 15 is 0 Å². The SMILES string of the molecule is CCN(C(=O)c1ccc(C)c(C)c1)c1ccc(N)cc1. The number of nitrogen functional groups attached to an aromatic ring is 1. The molecule has 20 heavy (non-hydrogen) atoms. The van der Waals surface area contributed by atoms with Crippen LogP contribution in [0.3, 0.4) is 0 Å². The average molecular weight is 268 g/mol. The van der Waals surface area contributed by atoms with E-state index in [4.69, 9.17) is 5.73 Å². The zero-order valence-corrected chi connectivity index (χ0v) is 12.2. The number of anilines is 2. The van der Waals surface area contributed by atoms with Gasteiger partial charge in [0.05, 0.1) is 0 Å². The summed E-state index contributed by atoms with van der Waals surface area (Å²) in [6, 6.07) is 13.2. The molecule has 0 aromatic heterocycles. The van der Waals surface area contributed by atoms with Crippen molar-refractivity contribution >= 4 is 17.3 Å². The van der Waals surface area contributed by atoms with Gasteiger partial charge in [0.1, 0.15) is 0 Å². The molecule has 0 spiro atoms. The van der Waals surface area contributed by atoms with Crippen LogP contribution >= 0.6 is 0 Å². The molecule has 0 saturated heterocycles. The maximum atomic E-state index is 12.6. The van der Waals surface area contributed by atoms with Crippen molar-refractivity contribution in [3.05, 3.63) is 59.2 Å². The maximum absolute atomic E-state index is 12.6. The summed E-state index contributed by atoms with van der Waals surface area (Å²) in [5.41, 5.74) is 10.3. The van der Waals surface area contributed by atoms with Gasteiger partial charge in [0.15, 0.2) is 0 Å².